The molecule has 0 spiro atoms. The lowest BCUT2D eigenvalue weighted by molar-refractivity contribution is 0.0824. The molecule has 0 saturated carbocycles. The second-order valence-electron chi connectivity index (χ2n) is 4.07. The third kappa shape index (κ3) is 1.76. The number of hydrogen-bond acceptors (Lipinski definition) is 6. The molecule has 1 fully saturated rings. The Labute approximate surface area is 103 Å². The number of nitrogens with one attached hydrogen (secondary N) is 1. The lowest BCUT2D eigenvalue weighted by Crippen LogP contribution is -2.48. The second kappa shape index (κ2) is 4.22. The Morgan fingerprint density at radius 3 is 3.28 bits per heavy atom. The zero-order valence-electron chi connectivity index (χ0n) is 9.65. The van der Waals surface area contributed by atoms with Crippen LogP contribution in [0, 0.1) is 5.41 Å². The average molecular weight is 247 g/mol. The predicted octanol–water partition coefficient (Wildman–Crippen LogP) is -0.735. The molecule has 8 nitrogen and oxygen atoms in total. The molecule has 3 heterocycles. The molecule has 1 unspecified atom stereocenters. The monoisotopic (exact) mass is 247 g/mol. The van der Waals surface area contributed by atoms with Crippen LogP contribution in [0.4, 0.5) is 5.82 Å². The Balaban J connectivity index is 1.94. The van der Waals surface area contributed by atoms with Crippen LogP contribution < -0.4 is 10.6 Å². The van der Waals surface area contributed by atoms with Crippen LogP contribution in [-0.2, 0) is 4.74 Å². The highest BCUT2D eigenvalue weighted by Crippen LogP contribution is 2.18. The Morgan fingerprint density at radius 2 is 2.44 bits per heavy atom. The first kappa shape index (κ1) is 10.9. The summed E-state index contributed by atoms with van der Waals surface area (Å²) in [6.07, 6.45) is 4.73. The summed E-state index contributed by atoms with van der Waals surface area (Å²) < 4.78 is 7.23. The number of nitrogens with zero attached hydrogens (tertiary/aromatic N) is 5. The Bertz CT molecular complexity index is 580. The van der Waals surface area contributed by atoms with E-state index >= 15 is 0 Å². The number of anilines is 1. The van der Waals surface area contributed by atoms with E-state index in [1.165, 1.54) is 0 Å². The van der Waals surface area contributed by atoms with E-state index in [1.54, 1.807) is 23.1 Å². The van der Waals surface area contributed by atoms with Crippen molar-refractivity contribution < 1.29 is 4.74 Å². The molecule has 3 rings (SSSR count). The van der Waals surface area contributed by atoms with Crippen molar-refractivity contribution in [2.45, 2.75) is 6.10 Å². The molecule has 0 aromatic carbocycles. The van der Waals surface area contributed by atoms with Crippen molar-refractivity contribution in [2.24, 2.45) is 5.73 Å². The molecule has 18 heavy (non-hydrogen) atoms. The van der Waals surface area contributed by atoms with E-state index in [2.05, 4.69) is 15.2 Å². The molecule has 1 aliphatic heterocycles. The average Bonchev–Trinajstić information content (AvgIpc) is 2.87. The number of fused-ring (bicyclic) bond motifs is 1. The summed E-state index contributed by atoms with van der Waals surface area (Å²) in [4.78, 5) is 6.35. The highest BCUT2D eigenvalue weighted by molar-refractivity contribution is 5.82. The van der Waals surface area contributed by atoms with Gasteiger partial charge in [-0.25, -0.2) is 4.98 Å². The van der Waals surface area contributed by atoms with Crippen molar-refractivity contribution in [1.29, 1.82) is 5.41 Å². The van der Waals surface area contributed by atoms with Gasteiger partial charge in [-0.3, -0.25) is 9.81 Å². The van der Waals surface area contributed by atoms with E-state index in [4.69, 9.17) is 15.9 Å². The molecule has 1 atom stereocenters. The van der Waals surface area contributed by atoms with Crippen molar-refractivity contribution in [2.75, 3.05) is 24.6 Å². The summed E-state index contributed by atoms with van der Waals surface area (Å²) in [5.74, 6) is 0.776. The zero-order chi connectivity index (χ0) is 12.5. The maximum absolute atomic E-state index is 7.45. The topological polar surface area (TPSA) is 105 Å². The minimum absolute atomic E-state index is 0.0353. The van der Waals surface area contributed by atoms with Gasteiger partial charge in [0.05, 0.1) is 13.2 Å². The van der Waals surface area contributed by atoms with Crippen LogP contribution in [-0.4, -0.2) is 51.2 Å². The molecule has 1 aliphatic rings. The maximum atomic E-state index is 7.45. The Hall–Kier alpha value is -2.22. The van der Waals surface area contributed by atoms with Crippen molar-refractivity contribution in [3.05, 3.63) is 18.7 Å². The molecule has 1 saturated heterocycles. The third-order valence-corrected chi connectivity index (χ3v) is 2.91. The number of hydrogen-bond donors (Lipinski definition) is 2. The van der Waals surface area contributed by atoms with E-state index in [0.717, 1.165) is 5.82 Å². The molecule has 8 heteroatoms. The number of rotatable bonds is 2. The summed E-state index contributed by atoms with van der Waals surface area (Å²) in [5, 5.41) is 15.4. The largest absolute Gasteiger partial charge is 0.385 e. The van der Waals surface area contributed by atoms with Crippen molar-refractivity contribution in [3.63, 3.8) is 0 Å². The minimum Gasteiger partial charge on any atom is -0.385 e. The normalized spacial score (nSPS) is 20.2. The fourth-order valence-electron chi connectivity index (χ4n) is 2.00. The quantitative estimate of drug-likeness (QED) is 0.535. The van der Waals surface area contributed by atoms with Crippen molar-refractivity contribution in [3.8, 4) is 0 Å². The van der Waals surface area contributed by atoms with Crippen LogP contribution in [0.25, 0.3) is 5.65 Å². The molecule has 3 N–H and O–H groups in total. The van der Waals surface area contributed by atoms with Gasteiger partial charge >= 0.3 is 0 Å². The van der Waals surface area contributed by atoms with Crippen LogP contribution in [0.1, 0.15) is 0 Å². The van der Waals surface area contributed by atoms with Gasteiger partial charge in [0, 0.05) is 18.9 Å². The van der Waals surface area contributed by atoms with Crippen LogP contribution in [0.2, 0.25) is 0 Å². The van der Waals surface area contributed by atoms with E-state index in [-0.39, 0.29) is 11.9 Å². The summed E-state index contributed by atoms with van der Waals surface area (Å²) in [6, 6.07) is 0. The SMILES string of the molecule is N=C(N)C1CN(c2nccn3cnnc23)CCO1. The van der Waals surface area contributed by atoms with Crippen molar-refractivity contribution >= 4 is 17.3 Å². The molecule has 0 radical (unpaired) electrons. The standard InChI is InChI=1S/C10H13N7O/c11-8(12)7-5-16(3-4-18-7)9-10-15-14-6-17(10)2-1-13-9/h1-2,6-7H,3-5H2,(H3,11,12). The number of nitrogens with two attached hydrogens (primary N) is 1. The number of amidine groups is 1. The molecule has 0 aliphatic carbocycles. The van der Waals surface area contributed by atoms with E-state index in [1.807, 2.05) is 4.90 Å². The van der Waals surface area contributed by atoms with Gasteiger partial charge in [-0.15, -0.1) is 10.2 Å². The second-order valence-corrected chi connectivity index (χ2v) is 4.07. The van der Waals surface area contributed by atoms with Gasteiger partial charge in [-0.1, -0.05) is 0 Å². The number of ether oxygens (including phenoxy) is 1. The summed E-state index contributed by atoms with van der Waals surface area (Å²) in [6.45, 7) is 1.72. The first-order valence-corrected chi connectivity index (χ1v) is 5.60. The maximum Gasteiger partial charge on any atom is 0.203 e. The lowest BCUT2D eigenvalue weighted by atomic mass is 10.2. The predicted molar refractivity (Wildman–Crippen MR) is 64.6 cm³/mol. The van der Waals surface area contributed by atoms with Crippen LogP contribution in [0.5, 0.6) is 0 Å². The van der Waals surface area contributed by atoms with Crippen molar-refractivity contribution in [1.82, 2.24) is 19.6 Å². The zero-order valence-corrected chi connectivity index (χ0v) is 9.65. The van der Waals surface area contributed by atoms with E-state index in [0.29, 0.717) is 25.3 Å². The smallest absolute Gasteiger partial charge is 0.203 e. The van der Waals surface area contributed by atoms with Crippen LogP contribution in [0.3, 0.4) is 0 Å². The van der Waals surface area contributed by atoms with Gasteiger partial charge in [-0.2, -0.15) is 0 Å². The van der Waals surface area contributed by atoms with Gasteiger partial charge in [0.25, 0.3) is 0 Å². The molecule has 0 bridgehead atoms. The highest BCUT2D eigenvalue weighted by atomic mass is 16.5. The van der Waals surface area contributed by atoms with E-state index in [9.17, 15) is 0 Å². The fraction of sp³-hybridized carbons (Fsp3) is 0.400. The summed E-state index contributed by atoms with van der Waals surface area (Å²) in [5.41, 5.74) is 6.17. The van der Waals surface area contributed by atoms with E-state index < -0.39 is 0 Å². The highest BCUT2D eigenvalue weighted by Gasteiger charge is 2.25. The van der Waals surface area contributed by atoms with Gasteiger partial charge in [0.1, 0.15) is 18.3 Å². The fourth-order valence-corrected chi connectivity index (χ4v) is 2.00. The summed E-state index contributed by atoms with van der Waals surface area (Å²) >= 11 is 0. The third-order valence-electron chi connectivity index (χ3n) is 2.91. The summed E-state index contributed by atoms with van der Waals surface area (Å²) in [7, 11) is 0. The molecule has 2 aromatic heterocycles. The Kier molecular flexibility index (Phi) is 2.56. The number of aromatic nitrogens is 4. The first-order valence-electron chi connectivity index (χ1n) is 5.60. The molecule has 0 amide bonds. The molecular weight excluding hydrogens is 234 g/mol. The minimum atomic E-state index is -0.385. The Morgan fingerprint density at radius 1 is 1.56 bits per heavy atom. The lowest BCUT2D eigenvalue weighted by Gasteiger charge is -2.32. The van der Waals surface area contributed by atoms with Crippen LogP contribution in [0.15, 0.2) is 18.7 Å². The number of morpholine rings is 1. The van der Waals surface area contributed by atoms with Gasteiger partial charge < -0.3 is 15.4 Å². The first-order chi connectivity index (χ1) is 8.75. The van der Waals surface area contributed by atoms with Gasteiger partial charge in [-0.05, 0) is 0 Å². The molecule has 2 aromatic rings. The van der Waals surface area contributed by atoms with Crippen LogP contribution >= 0.6 is 0 Å². The molecule has 94 valence electrons. The van der Waals surface area contributed by atoms with Gasteiger partial charge in [0.2, 0.25) is 5.65 Å². The van der Waals surface area contributed by atoms with Gasteiger partial charge in [0.15, 0.2) is 5.82 Å². The molecular formula is C10H13N7O.